The fraction of sp³-hybridized carbons (Fsp3) is 0.611. The maximum Gasteiger partial charge on any atom is 0.286 e. The summed E-state index contributed by atoms with van der Waals surface area (Å²) < 4.78 is 16.0. The van der Waals surface area contributed by atoms with E-state index in [2.05, 4.69) is 19.2 Å². The van der Waals surface area contributed by atoms with Crippen molar-refractivity contribution in [2.24, 2.45) is 5.92 Å². The Labute approximate surface area is 139 Å². The van der Waals surface area contributed by atoms with Gasteiger partial charge in [0.1, 0.15) is 5.76 Å². The molecule has 0 aliphatic carbocycles. The average Bonchev–Trinajstić information content (AvgIpc) is 2.95. The smallest absolute Gasteiger partial charge is 0.286 e. The van der Waals surface area contributed by atoms with Crippen LogP contribution in [0, 0.1) is 5.92 Å². The number of nitrogens with one attached hydrogen (secondary N) is 1. The van der Waals surface area contributed by atoms with Gasteiger partial charge >= 0.3 is 0 Å². The molecular weight excluding hydrogens is 294 g/mol. The van der Waals surface area contributed by atoms with E-state index in [1.807, 2.05) is 19.1 Å². The van der Waals surface area contributed by atoms with Crippen LogP contribution < -0.4 is 5.32 Å². The van der Waals surface area contributed by atoms with Gasteiger partial charge in [0.15, 0.2) is 5.76 Å². The average molecular weight is 323 g/mol. The highest BCUT2D eigenvalue weighted by Crippen LogP contribution is 2.29. The molecule has 1 amide bonds. The first-order valence-corrected chi connectivity index (χ1v) is 8.33. The number of ether oxygens (including phenoxy) is 3. The van der Waals surface area contributed by atoms with Gasteiger partial charge in [-0.2, -0.15) is 0 Å². The number of hydrogen-bond acceptors (Lipinski definition) is 4. The number of hydrogen-bond donors (Lipinski definition) is 1. The zero-order chi connectivity index (χ0) is 17.1. The van der Waals surface area contributed by atoms with E-state index < -0.39 is 0 Å². The van der Waals surface area contributed by atoms with E-state index in [4.69, 9.17) is 14.2 Å². The first-order valence-electron chi connectivity index (χ1n) is 8.33. The van der Waals surface area contributed by atoms with Crippen molar-refractivity contribution in [3.8, 4) is 0 Å². The van der Waals surface area contributed by atoms with Crippen LogP contribution in [-0.2, 0) is 19.0 Å². The molecule has 0 aromatic rings. The second-order valence-electron chi connectivity index (χ2n) is 5.42. The summed E-state index contributed by atoms with van der Waals surface area (Å²) in [7, 11) is 1.64. The maximum atomic E-state index is 12.4. The third-order valence-electron chi connectivity index (χ3n) is 3.55. The lowest BCUT2D eigenvalue weighted by Crippen LogP contribution is -2.38. The van der Waals surface area contributed by atoms with Crippen molar-refractivity contribution in [3.63, 3.8) is 0 Å². The molecule has 1 aliphatic rings. The number of methoxy groups -OCH3 is 1. The summed E-state index contributed by atoms with van der Waals surface area (Å²) in [6.07, 6.45) is 9.88. The predicted octanol–water partition coefficient (Wildman–Crippen LogP) is 3.29. The summed E-state index contributed by atoms with van der Waals surface area (Å²) in [5, 5.41) is 2.98. The third kappa shape index (κ3) is 6.48. The summed E-state index contributed by atoms with van der Waals surface area (Å²) >= 11 is 0. The third-order valence-corrected chi connectivity index (χ3v) is 3.55. The van der Waals surface area contributed by atoms with Crippen molar-refractivity contribution in [1.82, 2.24) is 5.32 Å². The van der Waals surface area contributed by atoms with Gasteiger partial charge in [-0.1, -0.05) is 20.3 Å². The van der Waals surface area contributed by atoms with E-state index in [0.29, 0.717) is 19.0 Å². The summed E-state index contributed by atoms with van der Waals surface area (Å²) in [5.41, 5.74) is 0. The van der Waals surface area contributed by atoms with E-state index in [-0.39, 0.29) is 17.9 Å². The molecule has 0 radical (unpaired) electrons. The fourth-order valence-corrected chi connectivity index (χ4v) is 2.39. The minimum atomic E-state index is -0.184. The SMILES string of the molecule is CCC[C@H](COC)NC(=O)C1=CC(CC)/C(=C\C=C\OCC)O1. The molecule has 1 heterocycles. The van der Waals surface area contributed by atoms with Crippen LogP contribution in [0.3, 0.4) is 0 Å². The molecule has 0 bridgehead atoms. The van der Waals surface area contributed by atoms with Gasteiger partial charge in [-0.3, -0.25) is 4.79 Å². The van der Waals surface area contributed by atoms with Crippen molar-refractivity contribution in [1.29, 1.82) is 0 Å². The van der Waals surface area contributed by atoms with E-state index in [1.165, 1.54) is 0 Å². The zero-order valence-corrected chi connectivity index (χ0v) is 14.6. The van der Waals surface area contributed by atoms with Crippen LogP contribution >= 0.6 is 0 Å². The number of carbonyl (C=O) groups excluding carboxylic acids is 1. The van der Waals surface area contributed by atoms with Crippen molar-refractivity contribution in [3.05, 3.63) is 36.0 Å². The Morgan fingerprint density at radius 3 is 2.83 bits per heavy atom. The minimum Gasteiger partial charge on any atom is -0.501 e. The predicted molar refractivity (Wildman–Crippen MR) is 90.5 cm³/mol. The Morgan fingerprint density at radius 2 is 2.22 bits per heavy atom. The molecule has 1 aliphatic heterocycles. The highest BCUT2D eigenvalue weighted by molar-refractivity contribution is 5.92. The summed E-state index contributed by atoms with van der Waals surface area (Å²) in [6, 6.07) is 0.00737. The van der Waals surface area contributed by atoms with Crippen LogP contribution in [0.25, 0.3) is 0 Å². The quantitative estimate of drug-likeness (QED) is 0.627. The summed E-state index contributed by atoms with van der Waals surface area (Å²) in [6.45, 7) is 7.20. The Kier molecular flexibility index (Phi) is 9.14. The van der Waals surface area contributed by atoms with E-state index >= 15 is 0 Å². The van der Waals surface area contributed by atoms with Crippen LogP contribution in [-0.4, -0.2) is 32.3 Å². The highest BCUT2D eigenvalue weighted by atomic mass is 16.5. The van der Waals surface area contributed by atoms with Crippen LogP contribution in [0.15, 0.2) is 36.0 Å². The van der Waals surface area contributed by atoms with Crippen molar-refractivity contribution in [2.75, 3.05) is 20.3 Å². The second kappa shape index (κ2) is 10.9. The molecule has 1 rings (SSSR count). The molecule has 130 valence electrons. The molecule has 0 aromatic heterocycles. The zero-order valence-electron chi connectivity index (χ0n) is 14.6. The Hall–Kier alpha value is -1.75. The molecule has 1 unspecified atom stereocenters. The van der Waals surface area contributed by atoms with Gasteiger partial charge in [0.05, 0.1) is 25.5 Å². The van der Waals surface area contributed by atoms with Crippen LogP contribution in [0.4, 0.5) is 0 Å². The van der Waals surface area contributed by atoms with Gasteiger partial charge in [0.2, 0.25) is 0 Å². The molecule has 23 heavy (non-hydrogen) atoms. The lowest BCUT2D eigenvalue weighted by atomic mass is 10.0. The van der Waals surface area contributed by atoms with E-state index in [1.54, 1.807) is 19.4 Å². The van der Waals surface area contributed by atoms with Gasteiger partial charge in [-0.15, -0.1) is 0 Å². The van der Waals surface area contributed by atoms with Crippen LogP contribution in [0.1, 0.15) is 40.0 Å². The molecule has 2 atom stereocenters. The molecule has 0 spiro atoms. The fourth-order valence-electron chi connectivity index (χ4n) is 2.39. The molecule has 0 saturated carbocycles. The van der Waals surface area contributed by atoms with Gasteiger partial charge in [-0.25, -0.2) is 0 Å². The van der Waals surface area contributed by atoms with Gasteiger partial charge < -0.3 is 19.5 Å². The van der Waals surface area contributed by atoms with Crippen molar-refractivity contribution in [2.45, 2.75) is 46.1 Å². The molecule has 0 saturated heterocycles. The van der Waals surface area contributed by atoms with E-state index in [0.717, 1.165) is 25.0 Å². The maximum absolute atomic E-state index is 12.4. The summed E-state index contributed by atoms with van der Waals surface area (Å²) in [4.78, 5) is 12.4. The van der Waals surface area contributed by atoms with Gasteiger partial charge in [-0.05, 0) is 38.0 Å². The largest absolute Gasteiger partial charge is 0.501 e. The molecule has 0 fully saturated rings. The number of allylic oxidation sites excluding steroid dienone is 3. The van der Waals surface area contributed by atoms with Gasteiger partial charge in [0, 0.05) is 13.0 Å². The standard InChI is InChI=1S/C18H29NO4/c1-5-9-15(13-21-4)19-18(20)17-12-14(6-2)16(23-17)10-8-11-22-7-3/h8,10-12,14-15H,5-7,9,13H2,1-4H3,(H,19,20)/b11-8+,16-10+/t14?,15-/m1/s1. The topological polar surface area (TPSA) is 56.8 Å². The summed E-state index contributed by atoms with van der Waals surface area (Å²) in [5.74, 6) is 1.07. The van der Waals surface area contributed by atoms with E-state index in [9.17, 15) is 4.79 Å². The number of amides is 1. The molecule has 5 heteroatoms. The monoisotopic (exact) mass is 323 g/mol. The number of carbonyl (C=O) groups is 1. The minimum absolute atomic E-state index is 0.00737. The Bertz CT molecular complexity index is 448. The molecular formula is C18H29NO4. The molecule has 5 nitrogen and oxygen atoms in total. The lowest BCUT2D eigenvalue weighted by molar-refractivity contribution is -0.121. The normalized spacial score (nSPS) is 20.4. The Morgan fingerprint density at radius 1 is 1.43 bits per heavy atom. The second-order valence-corrected chi connectivity index (χ2v) is 5.42. The van der Waals surface area contributed by atoms with Crippen LogP contribution in [0.2, 0.25) is 0 Å². The van der Waals surface area contributed by atoms with Crippen molar-refractivity contribution < 1.29 is 19.0 Å². The van der Waals surface area contributed by atoms with Gasteiger partial charge in [0.25, 0.3) is 5.91 Å². The Balaban J connectivity index is 2.67. The lowest BCUT2D eigenvalue weighted by Gasteiger charge is -2.17. The number of rotatable bonds is 10. The van der Waals surface area contributed by atoms with Crippen LogP contribution in [0.5, 0.6) is 0 Å². The first kappa shape index (κ1) is 19.3. The van der Waals surface area contributed by atoms with Crippen molar-refractivity contribution >= 4 is 5.91 Å². The molecule has 1 N–H and O–H groups in total. The first-order chi connectivity index (χ1) is 11.2. The molecule has 0 aromatic carbocycles. The highest BCUT2D eigenvalue weighted by Gasteiger charge is 2.27.